The quantitative estimate of drug-likeness (QED) is 0.397. The fraction of sp³-hybridized carbons (Fsp3) is 0.333. The lowest BCUT2D eigenvalue weighted by atomic mass is 10.3. The van der Waals surface area contributed by atoms with Gasteiger partial charge in [0.15, 0.2) is 10.8 Å². The predicted octanol–water partition coefficient (Wildman–Crippen LogP) is 3.31. The molecule has 0 saturated heterocycles. The monoisotopic (exact) mass is 448 g/mol. The Morgan fingerprint density at radius 3 is 2.78 bits per heavy atom. The van der Waals surface area contributed by atoms with Crippen LogP contribution in [0, 0.1) is 12.3 Å². The van der Waals surface area contributed by atoms with Gasteiger partial charge in [-0.2, -0.15) is 5.10 Å². The third-order valence-electron chi connectivity index (χ3n) is 4.22. The number of aromatic nitrogens is 4. The molecule has 0 bridgehead atoms. The molecule has 3 rings (SSSR count). The number of benzene rings is 1. The molecular weight excluding hydrogens is 428 g/mol. The minimum absolute atomic E-state index is 0.0525. The molecule has 9 heteroatoms. The number of halogens is 1. The molecule has 27 heavy (non-hydrogen) atoms. The maximum absolute atomic E-state index is 12.2. The fourth-order valence-electron chi connectivity index (χ4n) is 2.60. The van der Waals surface area contributed by atoms with Crippen LogP contribution >= 0.6 is 27.7 Å². The molecule has 0 radical (unpaired) electrons. The van der Waals surface area contributed by atoms with E-state index in [1.807, 2.05) is 45.0 Å². The highest BCUT2D eigenvalue weighted by Gasteiger charge is 2.16. The maximum atomic E-state index is 12.2. The minimum Gasteiger partial charge on any atom is -0.353 e. The van der Waals surface area contributed by atoms with E-state index in [-0.39, 0.29) is 17.7 Å². The Morgan fingerprint density at radius 2 is 2.11 bits per heavy atom. The number of thioether (sulfide) groups is 1. The van der Waals surface area contributed by atoms with Crippen molar-refractivity contribution in [2.45, 2.75) is 38.4 Å². The Morgan fingerprint density at radius 1 is 1.41 bits per heavy atom. The van der Waals surface area contributed by atoms with E-state index in [0.717, 1.165) is 22.3 Å². The standard InChI is InChI=1S/C18H21BrN6OS/c1-4-10(2)21-14(26)9-27-18-22-17-15(11(3)23-24-17)16(20)25(18)13-7-5-12(19)6-8-13/h5-8,10,20H,4,9H2,1-3H3,(H,21,26)(H,23,24)/t10-/m1/s1. The van der Waals surface area contributed by atoms with Gasteiger partial charge in [0, 0.05) is 21.9 Å². The first kappa shape index (κ1) is 19.6. The van der Waals surface area contributed by atoms with Gasteiger partial charge in [-0.25, -0.2) is 4.98 Å². The lowest BCUT2D eigenvalue weighted by Crippen LogP contribution is -2.33. The van der Waals surface area contributed by atoms with Crippen LogP contribution in [0.25, 0.3) is 16.7 Å². The van der Waals surface area contributed by atoms with E-state index < -0.39 is 0 Å². The van der Waals surface area contributed by atoms with Crippen LogP contribution in [0.3, 0.4) is 0 Å². The van der Waals surface area contributed by atoms with E-state index in [4.69, 9.17) is 5.41 Å². The van der Waals surface area contributed by atoms with Gasteiger partial charge >= 0.3 is 0 Å². The molecule has 7 nitrogen and oxygen atoms in total. The number of nitrogens with one attached hydrogen (secondary N) is 3. The predicted molar refractivity (Wildman–Crippen MR) is 110 cm³/mol. The summed E-state index contributed by atoms with van der Waals surface area (Å²) in [7, 11) is 0. The average molecular weight is 449 g/mol. The van der Waals surface area contributed by atoms with Crippen molar-refractivity contribution >= 4 is 44.6 Å². The Hall–Kier alpha value is -2.13. The van der Waals surface area contributed by atoms with Gasteiger partial charge in [-0.1, -0.05) is 34.6 Å². The largest absolute Gasteiger partial charge is 0.353 e. The highest BCUT2D eigenvalue weighted by Crippen LogP contribution is 2.22. The number of carbonyl (C=O) groups excluding carboxylic acids is 1. The summed E-state index contributed by atoms with van der Waals surface area (Å²) in [5.74, 6) is 0.172. The van der Waals surface area contributed by atoms with E-state index in [1.54, 1.807) is 4.57 Å². The van der Waals surface area contributed by atoms with Crippen LogP contribution in [-0.4, -0.2) is 37.5 Å². The van der Waals surface area contributed by atoms with Crippen LogP contribution in [0.2, 0.25) is 0 Å². The second-order valence-electron chi connectivity index (χ2n) is 6.27. The summed E-state index contributed by atoms with van der Waals surface area (Å²) in [6.07, 6.45) is 0.878. The summed E-state index contributed by atoms with van der Waals surface area (Å²) in [6, 6.07) is 7.78. The number of H-pyrrole nitrogens is 1. The lowest BCUT2D eigenvalue weighted by Gasteiger charge is -2.14. The summed E-state index contributed by atoms with van der Waals surface area (Å²) in [6.45, 7) is 5.87. The summed E-state index contributed by atoms with van der Waals surface area (Å²) < 4.78 is 2.70. The van der Waals surface area contributed by atoms with Crippen molar-refractivity contribution in [3.05, 3.63) is 39.9 Å². The zero-order valence-electron chi connectivity index (χ0n) is 15.3. The maximum Gasteiger partial charge on any atom is 0.230 e. The summed E-state index contributed by atoms with van der Waals surface area (Å²) in [5.41, 5.74) is 2.37. The van der Waals surface area contributed by atoms with Crippen LogP contribution in [0.1, 0.15) is 26.0 Å². The molecule has 0 aliphatic carbocycles. The average Bonchev–Trinajstić information content (AvgIpc) is 3.02. The molecule has 1 aromatic carbocycles. The molecule has 3 N–H and O–H groups in total. The van der Waals surface area contributed by atoms with Crippen LogP contribution < -0.4 is 10.8 Å². The van der Waals surface area contributed by atoms with E-state index in [2.05, 4.69) is 36.4 Å². The second-order valence-corrected chi connectivity index (χ2v) is 8.13. The number of hydrogen-bond donors (Lipinski definition) is 3. The Labute approximate surface area is 169 Å². The van der Waals surface area contributed by atoms with Gasteiger partial charge in [0.1, 0.15) is 5.49 Å². The van der Waals surface area contributed by atoms with Gasteiger partial charge in [0.2, 0.25) is 5.91 Å². The highest BCUT2D eigenvalue weighted by molar-refractivity contribution is 9.10. The van der Waals surface area contributed by atoms with E-state index >= 15 is 0 Å². The molecular formula is C18H21BrN6OS. The molecule has 0 fully saturated rings. The molecule has 3 aromatic rings. The number of carbonyl (C=O) groups is 1. The van der Waals surface area contributed by atoms with Crippen LogP contribution in [0.4, 0.5) is 0 Å². The van der Waals surface area contributed by atoms with Crippen LogP contribution in [0.5, 0.6) is 0 Å². The number of fused-ring (bicyclic) bond motifs is 1. The number of rotatable bonds is 6. The molecule has 2 heterocycles. The Bertz CT molecular complexity index is 1030. The number of aryl methyl sites for hydroxylation is 1. The number of aromatic amines is 1. The van der Waals surface area contributed by atoms with Crippen molar-refractivity contribution in [3.8, 4) is 5.69 Å². The van der Waals surface area contributed by atoms with Crippen LogP contribution in [-0.2, 0) is 4.79 Å². The molecule has 1 atom stereocenters. The molecule has 1 amide bonds. The summed E-state index contributed by atoms with van der Waals surface area (Å²) >= 11 is 4.73. The minimum atomic E-state index is -0.0525. The number of hydrogen-bond acceptors (Lipinski definition) is 5. The van der Waals surface area contributed by atoms with Gasteiger partial charge in [0.25, 0.3) is 0 Å². The van der Waals surface area contributed by atoms with Gasteiger partial charge < -0.3 is 5.32 Å². The van der Waals surface area contributed by atoms with Gasteiger partial charge in [-0.05, 0) is 44.5 Å². The topological polar surface area (TPSA) is 99.5 Å². The van der Waals surface area contributed by atoms with Crippen molar-refractivity contribution in [3.63, 3.8) is 0 Å². The van der Waals surface area contributed by atoms with Crippen molar-refractivity contribution in [2.24, 2.45) is 0 Å². The molecule has 142 valence electrons. The first-order chi connectivity index (χ1) is 12.9. The summed E-state index contributed by atoms with van der Waals surface area (Å²) in [4.78, 5) is 16.8. The Kier molecular flexibility index (Phi) is 6.01. The van der Waals surface area contributed by atoms with E-state index in [9.17, 15) is 4.79 Å². The smallest absolute Gasteiger partial charge is 0.230 e. The SMILES string of the molecule is CC[C@@H](C)NC(=O)CSc1nc2n[nH]c(C)c2c(=N)n1-c1ccc(Br)cc1. The molecule has 2 aromatic heterocycles. The van der Waals surface area contributed by atoms with Gasteiger partial charge in [-0.3, -0.25) is 19.9 Å². The second kappa shape index (κ2) is 8.26. The molecule has 0 saturated carbocycles. The zero-order chi connectivity index (χ0) is 19.6. The zero-order valence-corrected chi connectivity index (χ0v) is 17.7. The third-order valence-corrected chi connectivity index (χ3v) is 5.69. The molecule has 0 aliphatic heterocycles. The van der Waals surface area contributed by atoms with Crippen molar-refractivity contribution in [1.82, 2.24) is 25.1 Å². The van der Waals surface area contributed by atoms with Crippen molar-refractivity contribution in [2.75, 3.05) is 5.75 Å². The molecule has 0 aliphatic rings. The number of amides is 1. The third kappa shape index (κ3) is 4.24. The first-order valence-corrected chi connectivity index (χ1v) is 10.4. The normalized spacial score (nSPS) is 12.3. The van der Waals surface area contributed by atoms with Crippen molar-refractivity contribution < 1.29 is 4.79 Å². The lowest BCUT2D eigenvalue weighted by molar-refractivity contribution is -0.119. The molecule has 0 spiro atoms. The number of nitrogens with zero attached hydrogens (tertiary/aromatic N) is 3. The van der Waals surface area contributed by atoms with Gasteiger partial charge in [0.05, 0.1) is 11.1 Å². The van der Waals surface area contributed by atoms with Crippen molar-refractivity contribution in [1.29, 1.82) is 5.41 Å². The van der Waals surface area contributed by atoms with Gasteiger partial charge in [-0.15, -0.1) is 0 Å². The Balaban J connectivity index is 2.02. The first-order valence-electron chi connectivity index (χ1n) is 8.61. The summed E-state index contributed by atoms with van der Waals surface area (Å²) in [5, 5.41) is 20.0. The van der Waals surface area contributed by atoms with Crippen LogP contribution in [0.15, 0.2) is 33.9 Å². The van der Waals surface area contributed by atoms with E-state index in [0.29, 0.717) is 21.7 Å². The molecule has 0 unspecified atom stereocenters. The highest BCUT2D eigenvalue weighted by atomic mass is 79.9. The fourth-order valence-corrected chi connectivity index (χ4v) is 3.69. The van der Waals surface area contributed by atoms with E-state index in [1.165, 1.54) is 11.8 Å².